The van der Waals surface area contributed by atoms with E-state index < -0.39 is 0 Å². The highest BCUT2D eigenvalue weighted by atomic mass is 35.5. The molecule has 0 amide bonds. The van der Waals surface area contributed by atoms with Gasteiger partial charge in [-0.2, -0.15) is 0 Å². The van der Waals surface area contributed by atoms with Crippen molar-refractivity contribution in [1.29, 1.82) is 0 Å². The molecule has 0 spiro atoms. The van der Waals surface area contributed by atoms with Crippen molar-refractivity contribution >= 4 is 39.7 Å². The van der Waals surface area contributed by atoms with Gasteiger partial charge >= 0.3 is 0 Å². The molecule has 5 aromatic rings. The first kappa shape index (κ1) is 19.1. The van der Waals surface area contributed by atoms with E-state index in [0.717, 1.165) is 27.8 Å². The Hall–Kier alpha value is -2.87. The average molecular weight is 451 g/mol. The molecule has 0 saturated carbocycles. The Bertz CT molecular complexity index is 1390. The number of aromatic nitrogens is 4. The normalized spacial score (nSPS) is 11.2. The molecule has 0 aliphatic heterocycles. The molecule has 0 unspecified atom stereocenters. The fraction of sp³-hybridized carbons (Fsp3) is 0.0455. The van der Waals surface area contributed by atoms with Crippen LogP contribution in [-0.4, -0.2) is 18.9 Å². The Kier molecular flexibility index (Phi) is 5.16. The molecule has 0 aliphatic carbocycles. The number of para-hydroxylation sites is 1. The van der Waals surface area contributed by atoms with Gasteiger partial charge in [0, 0.05) is 29.0 Å². The standard InChI is InChI=1S/C22H15ClN4OS2/c23-17-8-4-5-9-18(17)27-19(15-6-2-1-3-7-15)13-24-21(27)30-14-16-12-20(28)26-10-11-29-22(26)25-16/h1-13H,14H2. The fourth-order valence-electron chi connectivity index (χ4n) is 3.22. The van der Waals surface area contributed by atoms with Crippen LogP contribution in [0.2, 0.25) is 5.02 Å². The Labute approximate surface area is 185 Å². The van der Waals surface area contributed by atoms with Crippen molar-refractivity contribution in [2.75, 3.05) is 0 Å². The summed E-state index contributed by atoms with van der Waals surface area (Å²) in [6, 6.07) is 19.4. The molecule has 5 nitrogen and oxygen atoms in total. The summed E-state index contributed by atoms with van der Waals surface area (Å²) < 4.78 is 3.61. The molecular formula is C22H15ClN4OS2. The van der Waals surface area contributed by atoms with Crippen molar-refractivity contribution < 1.29 is 0 Å². The van der Waals surface area contributed by atoms with E-state index in [-0.39, 0.29) is 5.56 Å². The van der Waals surface area contributed by atoms with E-state index in [1.807, 2.05) is 66.2 Å². The highest BCUT2D eigenvalue weighted by Crippen LogP contribution is 2.33. The molecule has 0 radical (unpaired) electrons. The summed E-state index contributed by atoms with van der Waals surface area (Å²) in [6.07, 6.45) is 3.59. The van der Waals surface area contributed by atoms with E-state index in [0.29, 0.717) is 15.7 Å². The summed E-state index contributed by atoms with van der Waals surface area (Å²) >= 11 is 9.50. The van der Waals surface area contributed by atoms with Gasteiger partial charge < -0.3 is 0 Å². The van der Waals surface area contributed by atoms with Crippen LogP contribution in [0.1, 0.15) is 5.69 Å². The van der Waals surface area contributed by atoms with Gasteiger partial charge in [0.05, 0.1) is 28.3 Å². The maximum Gasteiger partial charge on any atom is 0.258 e. The SMILES string of the molecule is O=c1cc(CSc2ncc(-c3ccccc3)n2-c2ccccc2Cl)nc2sccn12. The lowest BCUT2D eigenvalue weighted by Crippen LogP contribution is -2.12. The van der Waals surface area contributed by atoms with E-state index >= 15 is 0 Å². The molecule has 0 fully saturated rings. The number of benzene rings is 2. The molecule has 3 aromatic heterocycles. The highest BCUT2D eigenvalue weighted by molar-refractivity contribution is 7.98. The van der Waals surface area contributed by atoms with Gasteiger partial charge in [-0.3, -0.25) is 13.8 Å². The zero-order valence-corrected chi connectivity index (χ0v) is 18.0. The topological polar surface area (TPSA) is 52.2 Å². The number of halogens is 1. The van der Waals surface area contributed by atoms with Crippen LogP contribution in [0, 0.1) is 0 Å². The minimum absolute atomic E-state index is 0.0729. The Morgan fingerprint density at radius 2 is 1.87 bits per heavy atom. The second-order valence-corrected chi connectivity index (χ2v) is 8.73. The molecule has 0 N–H and O–H groups in total. The summed E-state index contributed by atoms with van der Waals surface area (Å²) in [5, 5.41) is 3.29. The Balaban J connectivity index is 1.55. The van der Waals surface area contributed by atoms with Gasteiger partial charge in [-0.15, -0.1) is 11.3 Å². The molecule has 148 valence electrons. The zero-order valence-electron chi connectivity index (χ0n) is 15.6. The summed E-state index contributed by atoms with van der Waals surface area (Å²) in [6.45, 7) is 0. The van der Waals surface area contributed by atoms with Gasteiger partial charge in [-0.05, 0) is 12.1 Å². The van der Waals surface area contributed by atoms with Crippen LogP contribution in [-0.2, 0) is 5.75 Å². The Morgan fingerprint density at radius 3 is 2.70 bits per heavy atom. The Morgan fingerprint density at radius 1 is 1.07 bits per heavy atom. The molecule has 0 saturated heterocycles. The maximum absolute atomic E-state index is 12.3. The van der Waals surface area contributed by atoms with Gasteiger partial charge in [0.2, 0.25) is 0 Å². The predicted octanol–water partition coefficient (Wildman–Crippen LogP) is 5.55. The molecule has 30 heavy (non-hydrogen) atoms. The number of nitrogens with zero attached hydrogens (tertiary/aromatic N) is 4. The fourth-order valence-corrected chi connectivity index (χ4v) is 5.05. The van der Waals surface area contributed by atoms with Crippen LogP contribution >= 0.6 is 34.7 Å². The van der Waals surface area contributed by atoms with Crippen molar-refractivity contribution in [3.8, 4) is 16.9 Å². The number of hydrogen-bond donors (Lipinski definition) is 0. The predicted molar refractivity (Wildman–Crippen MR) is 123 cm³/mol. The highest BCUT2D eigenvalue weighted by Gasteiger charge is 2.16. The summed E-state index contributed by atoms with van der Waals surface area (Å²) in [5.74, 6) is 0.527. The first-order valence-corrected chi connectivity index (χ1v) is 11.4. The summed E-state index contributed by atoms with van der Waals surface area (Å²) in [4.78, 5) is 22.2. The minimum atomic E-state index is -0.0729. The first-order valence-electron chi connectivity index (χ1n) is 9.17. The summed E-state index contributed by atoms with van der Waals surface area (Å²) in [5.41, 5.74) is 3.51. The molecule has 0 atom stereocenters. The number of fused-ring (bicyclic) bond motifs is 1. The lowest BCUT2D eigenvalue weighted by Gasteiger charge is -2.13. The van der Waals surface area contributed by atoms with Crippen LogP contribution in [0.3, 0.4) is 0 Å². The van der Waals surface area contributed by atoms with Gasteiger partial charge in [0.15, 0.2) is 10.1 Å². The average Bonchev–Trinajstić information content (AvgIpc) is 3.40. The third-order valence-electron chi connectivity index (χ3n) is 4.60. The largest absolute Gasteiger partial charge is 0.286 e. The summed E-state index contributed by atoms with van der Waals surface area (Å²) in [7, 11) is 0. The smallest absolute Gasteiger partial charge is 0.258 e. The molecule has 0 bridgehead atoms. The van der Waals surface area contributed by atoms with Crippen LogP contribution in [0.15, 0.2) is 88.4 Å². The molecular weight excluding hydrogens is 436 g/mol. The molecule has 2 aromatic carbocycles. The van der Waals surface area contributed by atoms with Crippen LogP contribution in [0.5, 0.6) is 0 Å². The van der Waals surface area contributed by atoms with Crippen molar-refractivity contribution in [2.45, 2.75) is 10.9 Å². The molecule has 0 aliphatic rings. The van der Waals surface area contributed by atoms with E-state index in [1.165, 1.54) is 23.1 Å². The van der Waals surface area contributed by atoms with Crippen molar-refractivity contribution in [1.82, 2.24) is 18.9 Å². The first-order chi connectivity index (χ1) is 14.7. The maximum atomic E-state index is 12.3. The lowest BCUT2D eigenvalue weighted by atomic mass is 10.1. The molecule has 8 heteroatoms. The van der Waals surface area contributed by atoms with E-state index in [4.69, 9.17) is 11.6 Å². The van der Waals surface area contributed by atoms with Crippen LogP contribution < -0.4 is 5.56 Å². The van der Waals surface area contributed by atoms with Gasteiger partial charge in [-0.25, -0.2) is 9.97 Å². The number of thiazole rings is 1. The van der Waals surface area contributed by atoms with Gasteiger partial charge in [0.1, 0.15) is 0 Å². The third kappa shape index (κ3) is 3.56. The third-order valence-corrected chi connectivity index (χ3v) is 6.66. The van der Waals surface area contributed by atoms with Crippen LogP contribution in [0.25, 0.3) is 21.9 Å². The number of hydrogen-bond acceptors (Lipinski definition) is 5. The number of rotatable bonds is 5. The monoisotopic (exact) mass is 450 g/mol. The lowest BCUT2D eigenvalue weighted by molar-refractivity contribution is 0.899. The van der Waals surface area contributed by atoms with Gasteiger partial charge in [0.25, 0.3) is 5.56 Å². The van der Waals surface area contributed by atoms with Crippen LogP contribution in [0.4, 0.5) is 0 Å². The van der Waals surface area contributed by atoms with Crippen molar-refractivity contribution in [3.05, 3.63) is 99.5 Å². The van der Waals surface area contributed by atoms with E-state index in [2.05, 4.69) is 14.5 Å². The molecule has 5 rings (SSSR count). The number of thioether (sulfide) groups is 1. The second-order valence-electron chi connectivity index (χ2n) is 6.51. The van der Waals surface area contributed by atoms with E-state index in [1.54, 1.807) is 16.7 Å². The molecule has 3 heterocycles. The van der Waals surface area contributed by atoms with E-state index in [9.17, 15) is 4.79 Å². The van der Waals surface area contributed by atoms with Crippen molar-refractivity contribution in [3.63, 3.8) is 0 Å². The number of imidazole rings is 1. The quantitative estimate of drug-likeness (QED) is 0.329. The van der Waals surface area contributed by atoms with Crippen molar-refractivity contribution in [2.24, 2.45) is 0 Å². The zero-order chi connectivity index (χ0) is 20.5. The second kappa shape index (κ2) is 8.10. The van der Waals surface area contributed by atoms with Gasteiger partial charge in [-0.1, -0.05) is 65.8 Å². The minimum Gasteiger partial charge on any atom is -0.286 e.